The molecule has 8 heteroatoms. The fourth-order valence-corrected chi connectivity index (χ4v) is 2.86. The lowest BCUT2D eigenvalue weighted by atomic mass is 9.80. The Balaban J connectivity index is 2.22. The molecule has 0 radical (unpaired) electrons. The first kappa shape index (κ1) is 24.6. The molecule has 1 heterocycles. The van der Waals surface area contributed by atoms with Crippen LogP contribution in [0.1, 0.15) is 52.9 Å². The minimum atomic E-state index is -1.10. The van der Waals surface area contributed by atoms with Gasteiger partial charge in [0.2, 0.25) is 5.91 Å². The highest BCUT2D eigenvalue weighted by Crippen LogP contribution is 2.33. The third-order valence-electron chi connectivity index (χ3n) is 4.48. The summed E-state index contributed by atoms with van der Waals surface area (Å²) in [7, 11) is 0. The van der Waals surface area contributed by atoms with E-state index in [2.05, 4.69) is 13.2 Å². The number of ether oxygens (including phenoxy) is 2. The number of esters is 2. The van der Waals surface area contributed by atoms with Crippen LogP contribution in [0.25, 0.3) is 0 Å². The average Bonchev–Trinajstić information content (AvgIpc) is 2.64. The molecule has 0 aromatic heterocycles. The molecule has 0 aromatic rings. The first-order valence-corrected chi connectivity index (χ1v) is 9.66. The second kappa shape index (κ2) is 10.9. The van der Waals surface area contributed by atoms with Crippen molar-refractivity contribution < 1.29 is 33.8 Å². The maximum Gasteiger partial charge on any atom is 0.333 e. The molecule has 8 nitrogen and oxygen atoms in total. The van der Waals surface area contributed by atoms with E-state index >= 15 is 0 Å². The van der Waals surface area contributed by atoms with Crippen molar-refractivity contribution in [2.75, 3.05) is 19.8 Å². The quantitative estimate of drug-likeness (QED) is 0.240. The number of unbranched alkanes of at least 4 members (excludes halogenated alkanes) is 2. The molecule has 1 aliphatic rings. The Kier molecular flexibility index (Phi) is 9.23. The van der Waals surface area contributed by atoms with Gasteiger partial charge in [0.1, 0.15) is 19.3 Å². The van der Waals surface area contributed by atoms with Crippen molar-refractivity contribution >= 4 is 23.8 Å². The van der Waals surface area contributed by atoms with Gasteiger partial charge in [0.15, 0.2) is 0 Å². The fraction of sp³-hybridized carbons (Fsp3) is 0.619. The van der Waals surface area contributed by atoms with Gasteiger partial charge in [0.05, 0.1) is 0 Å². The monoisotopic (exact) mass is 409 g/mol. The van der Waals surface area contributed by atoms with Crippen molar-refractivity contribution in [1.82, 2.24) is 4.90 Å². The van der Waals surface area contributed by atoms with Crippen LogP contribution >= 0.6 is 0 Å². The van der Waals surface area contributed by atoms with Gasteiger partial charge in [-0.1, -0.05) is 33.4 Å². The summed E-state index contributed by atoms with van der Waals surface area (Å²) < 4.78 is 9.70. The number of nitrogens with zero attached hydrogens (tertiary/aromatic N) is 1. The molecule has 2 amide bonds. The fourth-order valence-electron chi connectivity index (χ4n) is 2.86. The van der Waals surface area contributed by atoms with Crippen LogP contribution in [-0.4, -0.2) is 59.6 Å². The number of likely N-dealkylation sites (tertiary alicyclic amines) is 1. The SMILES string of the molecule is C=C(C)C(=O)OCC(O)COC(=O)CCCCCN1C(=O)C(=C)CC(C)(C)C1=O. The van der Waals surface area contributed by atoms with Crippen molar-refractivity contribution in [2.45, 2.75) is 59.0 Å². The van der Waals surface area contributed by atoms with Crippen LogP contribution in [0.15, 0.2) is 24.3 Å². The van der Waals surface area contributed by atoms with Crippen LogP contribution in [0.4, 0.5) is 0 Å². The van der Waals surface area contributed by atoms with Crippen molar-refractivity contribution in [2.24, 2.45) is 5.41 Å². The molecule has 1 atom stereocenters. The Labute approximate surface area is 171 Å². The smallest absolute Gasteiger partial charge is 0.333 e. The Hall–Kier alpha value is -2.48. The number of rotatable bonds is 11. The lowest BCUT2D eigenvalue weighted by Crippen LogP contribution is -2.50. The molecule has 0 spiro atoms. The largest absolute Gasteiger partial charge is 0.463 e. The summed E-state index contributed by atoms with van der Waals surface area (Å²) >= 11 is 0. The average molecular weight is 409 g/mol. The van der Waals surface area contributed by atoms with Crippen molar-refractivity contribution in [3.05, 3.63) is 24.3 Å². The van der Waals surface area contributed by atoms with E-state index in [0.29, 0.717) is 37.8 Å². The highest BCUT2D eigenvalue weighted by atomic mass is 16.6. The molecule has 1 rings (SSSR count). The molecule has 1 saturated heterocycles. The van der Waals surface area contributed by atoms with Crippen LogP contribution in [0.3, 0.4) is 0 Å². The Morgan fingerprint density at radius 2 is 1.79 bits per heavy atom. The van der Waals surface area contributed by atoms with Gasteiger partial charge in [-0.25, -0.2) is 4.79 Å². The van der Waals surface area contributed by atoms with Crippen LogP contribution in [-0.2, 0) is 28.7 Å². The topological polar surface area (TPSA) is 110 Å². The van der Waals surface area contributed by atoms with E-state index in [9.17, 15) is 24.3 Å². The number of hydrogen-bond acceptors (Lipinski definition) is 7. The molecule has 1 aliphatic heterocycles. The maximum absolute atomic E-state index is 12.4. The third kappa shape index (κ3) is 7.81. The van der Waals surface area contributed by atoms with E-state index in [4.69, 9.17) is 9.47 Å². The van der Waals surface area contributed by atoms with Gasteiger partial charge in [0.25, 0.3) is 5.91 Å². The first-order chi connectivity index (χ1) is 13.5. The lowest BCUT2D eigenvalue weighted by Gasteiger charge is -2.36. The van der Waals surface area contributed by atoms with Crippen LogP contribution in [0.2, 0.25) is 0 Å². The molecular weight excluding hydrogens is 378 g/mol. The molecule has 29 heavy (non-hydrogen) atoms. The number of aliphatic hydroxyl groups is 1. The van der Waals surface area contributed by atoms with Gasteiger partial charge in [-0.3, -0.25) is 19.3 Å². The van der Waals surface area contributed by atoms with E-state index in [1.54, 1.807) is 13.8 Å². The standard InChI is InChI=1S/C21H31NO7/c1-14(2)19(26)29-13-16(23)12-28-17(24)9-7-6-8-10-22-18(25)15(3)11-21(4,5)20(22)27/h16,23H,1,3,6-13H2,2,4-5H3. The zero-order valence-electron chi connectivity index (χ0n) is 17.5. The summed E-state index contributed by atoms with van der Waals surface area (Å²) in [5.74, 6) is -1.62. The molecular formula is C21H31NO7. The highest BCUT2D eigenvalue weighted by molar-refractivity contribution is 6.08. The Bertz CT molecular complexity index is 681. The predicted octanol–water partition coefficient (Wildman–Crippen LogP) is 1.91. The molecule has 0 aliphatic carbocycles. The zero-order valence-corrected chi connectivity index (χ0v) is 17.5. The number of carbonyl (C=O) groups is 4. The molecule has 0 aromatic carbocycles. The van der Waals surface area contributed by atoms with E-state index in [1.165, 1.54) is 11.8 Å². The second-order valence-corrected chi connectivity index (χ2v) is 7.95. The normalized spacial score (nSPS) is 17.1. The predicted molar refractivity (Wildman–Crippen MR) is 105 cm³/mol. The van der Waals surface area contributed by atoms with Crippen molar-refractivity contribution in [3.63, 3.8) is 0 Å². The van der Waals surface area contributed by atoms with Crippen molar-refractivity contribution in [3.8, 4) is 0 Å². The minimum Gasteiger partial charge on any atom is -0.463 e. The molecule has 0 bridgehead atoms. The Morgan fingerprint density at radius 3 is 2.41 bits per heavy atom. The maximum atomic E-state index is 12.4. The summed E-state index contributed by atoms with van der Waals surface area (Å²) in [5, 5.41) is 9.64. The first-order valence-electron chi connectivity index (χ1n) is 9.66. The molecule has 1 N–H and O–H groups in total. The van der Waals surface area contributed by atoms with E-state index in [1.807, 2.05) is 0 Å². The van der Waals surface area contributed by atoms with Gasteiger partial charge >= 0.3 is 11.9 Å². The number of aliphatic hydroxyl groups excluding tert-OH is 1. The molecule has 1 unspecified atom stereocenters. The molecule has 1 fully saturated rings. The van der Waals surface area contributed by atoms with E-state index in [-0.39, 0.29) is 37.0 Å². The van der Waals surface area contributed by atoms with Crippen molar-refractivity contribution in [1.29, 1.82) is 0 Å². The van der Waals surface area contributed by atoms with E-state index < -0.39 is 23.5 Å². The summed E-state index contributed by atoms with van der Waals surface area (Å²) in [6, 6.07) is 0. The zero-order chi connectivity index (χ0) is 22.2. The molecule has 0 saturated carbocycles. The van der Waals surface area contributed by atoms with E-state index in [0.717, 1.165) is 0 Å². The van der Waals surface area contributed by atoms with Crippen LogP contribution in [0, 0.1) is 5.41 Å². The van der Waals surface area contributed by atoms with Crippen LogP contribution in [0.5, 0.6) is 0 Å². The Morgan fingerprint density at radius 1 is 1.17 bits per heavy atom. The van der Waals surface area contributed by atoms with Gasteiger partial charge < -0.3 is 14.6 Å². The summed E-state index contributed by atoms with van der Waals surface area (Å²) in [4.78, 5) is 48.7. The number of amides is 2. The highest BCUT2D eigenvalue weighted by Gasteiger charge is 2.41. The number of carbonyl (C=O) groups excluding carboxylic acids is 4. The van der Waals surface area contributed by atoms with Crippen LogP contribution < -0.4 is 0 Å². The number of imide groups is 1. The number of hydrogen-bond donors (Lipinski definition) is 1. The van der Waals surface area contributed by atoms with Gasteiger partial charge in [-0.2, -0.15) is 0 Å². The minimum absolute atomic E-state index is 0.151. The second-order valence-electron chi connectivity index (χ2n) is 7.95. The number of piperidine rings is 1. The van der Waals surface area contributed by atoms with Gasteiger partial charge in [-0.05, 0) is 26.2 Å². The lowest BCUT2D eigenvalue weighted by molar-refractivity contribution is -0.153. The molecule has 162 valence electrons. The third-order valence-corrected chi connectivity index (χ3v) is 4.48. The van der Waals surface area contributed by atoms with Gasteiger partial charge in [0, 0.05) is 29.5 Å². The summed E-state index contributed by atoms with van der Waals surface area (Å²) in [6.07, 6.45) is 1.16. The summed E-state index contributed by atoms with van der Waals surface area (Å²) in [6.45, 7) is 12.0. The van der Waals surface area contributed by atoms with Gasteiger partial charge in [-0.15, -0.1) is 0 Å². The summed E-state index contributed by atoms with van der Waals surface area (Å²) in [5.41, 5.74) is 0.0228.